The Balaban J connectivity index is 1.91. The molecule has 0 saturated heterocycles. The number of hydrogen-bond acceptors (Lipinski definition) is 2. The average Bonchev–Trinajstić information content (AvgIpc) is 2.61. The van der Waals surface area contributed by atoms with Crippen LogP contribution in [0.2, 0.25) is 0 Å². The normalized spacial score (nSPS) is 11.7. The van der Waals surface area contributed by atoms with E-state index in [1.807, 2.05) is 32.9 Å². The van der Waals surface area contributed by atoms with E-state index in [1.54, 1.807) is 24.3 Å². The fraction of sp³-hybridized carbons (Fsp3) is 0.333. The maximum absolute atomic E-state index is 12.2. The van der Waals surface area contributed by atoms with Gasteiger partial charge in [-0.15, -0.1) is 0 Å². The molecule has 5 heteroatoms. The fourth-order valence-electron chi connectivity index (χ4n) is 2.54. The van der Waals surface area contributed by atoms with Gasteiger partial charge < -0.3 is 16.0 Å². The number of benzene rings is 2. The van der Waals surface area contributed by atoms with Crippen LogP contribution in [0.15, 0.2) is 48.5 Å². The number of amides is 3. The van der Waals surface area contributed by atoms with Gasteiger partial charge in [0.25, 0.3) is 5.91 Å². The molecule has 3 amide bonds. The van der Waals surface area contributed by atoms with Crippen molar-refractivity contribution >= 4 is 17.6 Å². The van der Waals surface area contributed by atoms with Gasteiger partial charge in [0.05, 0.1) is 6.04 Å². The first-order valence-corrected chi connectivity index (χ1v) is 8.96. The lowest BCUT2D eigenvalue weighted by Gasteiger charge is -2.16. The third-order valence-electron chi connectivity index (χ3n) is 4.06. The Morgan fingerprint density at radius 3 is 2.04 bits per heavy atom. The van der Waals surface area contributed by atoms with Crippen LogP contribution in [0, 0.1) is 0 Å². The largest absolute Gasteiger partial charge is 0.350 e. The van der Waals surface area contributed by atoms with Gasteiger partial charge in [-0.05, 0) is 62.6 Å². The van der Waals surface area contributed by atoms with Crippen molar-refractivity contribution in [3.63, 3.8) is 0 Å². The summed E-state index contributed by atoms with van der Waals surface area (Å²) in [6.45, 7) is 7.88. The van der Waals surface area contributed by atoms with Crippen molar-refractivity contribution in [1.82, 2.24) is 10.6 Å². The number of nitrogens with one attached hydrogen (secondary N) is 3. The van der Waals surface area contributed by atoms with E-state index in [4.69, 9.17) is 0 Å². The summed E-state index contributed by atoms with van der Waals surface area (Å²) in [5.41, 5.74) is 3.52. The molecule has 5 nitrogen and oxygen atoms in total. The molecule has 2 aromatic rings. The fourth-order valence-corrected chi connectivity index (χ4v) is 2.54. The first kappa shape index (κ1) is 19.5. The lowest BCUT2D eigenvalue weighted by atomic mass is 10.1. The molecule has 1 unspecified atom stereocenters. The highest BCUT2D eigenvalue weighted by Crippen LogP contribution is 2.15. The van der Waals surface area contributed by atoms with Gasteiger partial charge in [0.2, 0.25) is 0 Å². The Morgan fingerprint density at radius 1 is 0.885 bits per heavy atom. The van der Waals surface area contributed by atoms with Crippen LogP contribution in [-0.4, -0.2) is 18.0 Å². The molecule has 0 fully saturated rings. The molecule has 1 atom stereocenters. The summed E-state index contributed by atoms with van der Waals surface area (Å²) in [6.07, 6.45) is 0.994. The SMILES string of the molecule is CCc1ccc(C(C)NC(=O)Nc2ccc(C(=O)NC(C)C)cc2)cc1. The summed E-state index contributed by atoms with van der Waals surface area (Å²) < 4.78 is 0. The maximum atomic E-state index is 12.2. The van der Waals surface area contributed by atoms with E-state index < -0.39 is 0 Å². The quantitative estimate of drug-likeness (QED) is 0.726. The first-order valence-electron chi connectivity index (χ1n) is 8.96. The van der Waals surface area contributed by atoms with Gasteiger partial charge in [-0.1, -0.05) is 31.2 Å². The van der Waals surface area contributed by atoms with Crippen molar-refractivity contribution in [2.24, 2.45) is 0 Å². The Kier molecular flexibility index (Phi) is 6.78. The maximum Gasteiger partial charge on any atom is 0.319 e. The number of rotatable bonds is 6. The van der Waals surface area contributed by atoms with Crippen LogP contribution < -0.4 is 16.0 Å². The molecule has 2 rings (SSSR count). The zero-order valence-electron chi connectivity index (χ0n) is 15.8. The third kappa shape index (κ3) is 5.62. The number of hydrogen-bond donors (Lipinski definition) is 3. The minimum Gasteiger partial charge on any atom is -0.350 e. The van der Waals surface area contributed by atoms with Crippen LogP contribution in [0.4, 0.5) is 10.5 Å². The molecule has 26 heavy (non-hydrogen) atoms. The molecule has 0 heterocycles. The molecule has 0 radical (unpaired) electrons. The first-order chi connectivity index (χ1) is 12.4. The Morgan fingerprint density at radius 2 is 1.50 bits per heavy atom. The van der Waals surface area contributed by atoms with Gasteiger partial charge in [-0.3, -0.25) is 4.79 Å². The Hall–Kier alpha value is -2.82. The van der Waals surface area contributed by atoms with E-state index in [-0.39, 0.29) is 24.0 Å². The number of urea groups is 1. The third-order valence-corrected chi connectivity index (χ3v) is 4.06. The van der Waals surface area contributed by atoms with Crippen molar-refractivity contribution in [3.05, 3.63) is 65.2 Å². The van der Waals surface area contributed by atoms with Crippen LogP contribution in [0.3, 0.4) is 0 Å². The van der Waals surface area contributed by atoms with Crippen LogP contribution in [0.25, 0.3) is 0 Å². The highest BCUT2D eigenvalue weighted by Gasteiger charge is 2.11. The van der Waals surface area contributed by atoms with E-state index in [0.29, 0.717) is 11.3 Å². The van der Waals surface area contributed by atoms with Gasteiger partial charge in [0.15, 0.2) is 0 Å². The molecule has 0 aliphatic heterocycles. The van der Waals surface area contributed by atoms with E-state index in [9.17, 15) is 9.59 Å². The molecular formula is C21H27N3O2. The molecule has 2 aromatic carbocycles. The van der Waals surface area contributed by atoms with E-state index in [1.165, 1.54) is 5.56 Å². The van der Waals surface area contributed by atoms with Crippen molar-refractivity contribution in [1.29, 1.82) is 0 Å². The summed E-state index contributed by atoms with van der Waals surface area (Å²) >= 11 is 0. The van der Waals surface area contributed by atoms with E-state index in [2.05, 4.69) is 35.0 Å². The summed E-state index contributed by atoms with van der Waals surface area (Å²) in [4.78, 5) is 24.1. The van der Waals surface area contributed by atoms with Crippen LogP contribution >= 0.6 is 0 Å². The predicted molar refractivity (Wildman–Crippen MR) is 105 cm³/mol. The number of aryl methyl sites for hydroxylation is 1. The van der Waals surface area contributed by atoms with Crippen LogP contribution in [0.1, 0.15) is 55.2 Å². The zero-order valence-corrected chi connectivity index (χ0v) is 15.8. The second-order valence-electron chi connectivity index (χ2n) is 6.62. The predicted octanol–water partition coefficient (Wildman–Crippen LogP) is 4.27. The molecule has 0 aliphatic rings. The van der Waals surface area contributed by atoms with Crippen molar-refractivity contribution in [2.45, 2.75) is 46.2 Å². The lowest BCUT2D eigenvalue weighted by molar-refractivity contribution is 0.0943. The topological polar surface area (TPSA) is 70.2 Å². The smallest absolute Gasteiger partial charge is 0.319 e. The lowest BCUT2D eigenvalue weighted by Crippen LogP contribution is -2.31. The highest BCUT2D eigenvalue weighted by molar-refractivity contribution is 5.95. The summed E-state index contributed by atoms with van der Waals surface area (Å²) in [7, 11) is 0. The average molecular weight is 353 g/mol. The second-order valence-corrected chi connectivity index (χ2v) is 6.62. The minimum absolute atomic E-state index is 0.0824. The summed E-state index contributed by atoms with van der Waals surface area (Å²) in [5.74, 6) is -0.125. The van der Waals surface area contributed by atoms with Crippen LogP contribution in [0.5, 0.6) is 0 Å². The van der Waals surface area contributed by atoms with Gasteiger partial charge in [-0.2, -0.15) is 0 Å². The molecule has 0 bridgehead atoms. The minimum atomic E-state index is -0.281. The molecule has 0 spiro atoms. The Bertz CT molecular complexity index is 737. The number of carbonyl (C=O) groups excluding carboxylic acids is 2. The molecular weight excluding hydrogens is 326 g/mol. The summed E-state index contributed by atoms with van der Waals surface area (Å²) in [6, 6.07) is 14.7. The molecule has 0 aliphatic carbocycles. The number of anilines is 1. The molecule has 0 saturated carbocycles. The monoisotopic (exact) mass is 353 g/mol. The Labute approximate surface area is 155 Å². The van der Waals surface area contributed by atoms with Crippen molar-refractivity contribution in [2.75, 3.05) is 5.32 Å². The van der Waals surface area contributed by atoms with Crippen molar-refractivity contribution < 1.29 is 9.59 Å². The standard InChI is InChI=1S/C21H27N3O2/c1-5-16-6-8-17(9-7-16)15(4)23-21(26)24-19-12-10-18(11-13-19)20(25)22-14(2)3/h6-15H,5H2,1-4H3,(H,22,25)(H2,23,24,26). The van der Waals surface area contributed by atoms with E-state index in [0.717, 1.165) is 12.0 Å². The zero-order chi connectivity index (χ0) is 19.1. The number of carbonyl (C=O) groups is 2. The summed E-state index contributed by atoms with van der Waals surface area (Å²) in [5, 5.41) is 8.54. The van der Waals surface area contributed by atoms with Crippen molar-refractivity contribution in [3.8, 4) is 0 Å². The second kappa shape index (κ2) is 9.04. The highest BCUT2D eigenvalue weighted by atomic mass is 16.2. The molecule has 138 valence electrons. The molecule has 0 aromatic heterocycles. The van der Waals surface area contributed by atoms with Gasteiger partial charge >= 0.3 is 6.03 Å². The molecule has 3 N–H and O–H groups in total. The van der Waals surface area contributed by atoms with Gasteiger partial charge in [0.1, 0.15) is 0 Å². The van der Waals surface area contributed by atoms with E-state index >= 15 is 0 Å². The van der Waals surface area contributed by atoms with Crippen LogP contribution in [-0.2, 0) is 6.42 Å². The van der Waals surface area contributed by atoms with Gasteiger partial charge in [-0.25, -0.2) is 4.79 Å². The van der Waals surface area contributed by atoms with Gasteiger partial charge in [0, 0.05) is 17.3 Å².